The van der Waals surface area contributed by atoms with Crippen LogP contribution < -0.4 is 5.32 Å². The molecule has 1 aliphatic rings. The van der Waals surface area contributed by atoms with Crippen LogP contribution in [0.4, 0.5) is 0 Å². The summed E-state index contributed by atoms with van der Waals surface area (Å²) >= 11 is 0. The van der Waals surface area contributed by atoms with Crippen LogP contribution in [-0.2, 0) is 9.59 Å². The Morgan fingerprint density at radius 2 is 2.16 bits per heavy atom. The van der Waals surface area contributed by atoms with Gasteiger partial charge in [-0.3, -0.25) is 9.59 Å². The van der Waals surface area contributed by atoms with Crippen LogP contribution >= 0.6 is 0 Å². The molecule has 1 aliphatic carbocycles. The molecule has 0 bridgehead atoms. The van der Waals surface area contributed by atoms with Crippen molar-refractivity contribution >= 4 is 11.9 Å². The van der Waals surface area contributed by atoms with Gasteiger partial charge in [-0.2, -0.15) is 0 Å². The lowest BCUT2D eigenvalue weighted by atomic mass is 9.76. The van der Waals surface area contributed by atoms with Gasteiger partial charge in [-0.05, 0) is 38.5 Å². The second kappa shape index (κ2) is 6.73. The second-order valence-electron chi connectivity index (χ2n) is 5.91. The van der Waals surface area contributed by atoms with E-state index < -0.39 is 11.4 Å². The SMILES string of the molecule is CC(C)C(C)(CC(=O)NCCC1=CCCC1)C(=O)O. The molecule has 1 rings (SSSR count). The molecule has 0 aliphatic heterocycles. The minimum Gasteiger partial charge on any atom is -0.481 e. The van der Waals surface area contributed by atoms with E-state index >= 15 is 0 Å². The van der Waals surface area contributed by atoms with Crippen LogP contribution in [-0.4, -0.2) is 23.5 Å². The number of hydrogen-bond donors (Lipinski definition) is 2. The third kappa shape index (κ3) is 4.37. The summed E-state index contributed by atoms with van der Waals surface area (Å²) in [4.78, 5) is 23.1. The first-order valence-electron chi connectivity index (χ1n) is 7.04. The zero-order chi connectivity index (χ0) is 14.5. The number of carboxylic acids is 1. The monoisotopic (exact) mass is 267 g/mol. The molecule has 0 radical (unpaired) electrons. The smallest absolute Gasteiger partial charge is 0.310 e. The van der Waals surface area contributed by atoms with Crippen LogP contribution in [0.1, 0.15) is 52.9 Å². The molecular weight excluding hydrogens is 242 g/mol. The van der Waals surface area contributed by atoms with Gasteiger partial charge in [0.15, 0.2) is 0 Å². The molecule has 2 N–H and O–H groups in total. The fourth-order valence-corrected chi connectivity index (χ4v) is 2.25. The molecule has 0 aromatic carbocycles. The number of rotatable bonds is 7. The van der Waals surface area contributed by atoms with Gasteiger partial charge in [-0.1, -0.05) is 25.5 Å². The Kier molecular flexibility index (Phi) is 5.58. The van der Waals surface area contributed by atoms with Crippen LogP contribution in [0.5, 0.6) is 0 Å². The molecule has 0 saturated carbocycles. The number of carboxylic acid groups (broad SMARTS) is 1. The fourth-order valence-electron chi connectivity index (χ4n) is 2.25. The number of amides is 1. The van der Waals surface area contributed by atoms with E-state index in [9.17, 15) is 14.7 Å². The van der Waals surface area contributed by atoms with Crippen LogP contribution in [0.15, 0.2) is 11.6 Å². The van der Waals surface area contributed by atoms with Gasteiger partial charge in [0.2, 0.25) is 5.91 Å². The number of carbonyl (C=O) groups excluding carboxylic acids is 1. The highest BCUT2D eigenvalue weighted by molar-refractivity contribution is 5.84. The van der Waals surface area contributed by atoms with Gasteiger partial charge in [-0.15, -0.1) is 0 Å². The zero-order valence-corrected chi connectivity index (χ0v) is 12.2. The standard InChI is InChI=1S/C15H25NO3/c1-11(2)15(3,14(18)19)10-13(17)16-9-8-12-6-4-5-7-12/h6,11H,4-5,7-10H2,1-3H3,(H,16,17)(H,18,19). The van der Waals surface area contributed by atoms with E-state index in [1.165, 1.54) is 12.0 Å². The summed E-state index contributed by atoms with van der Waals surface area (Å²) in [7, 11) is 0. The lowest BCUT2D eigenvalue weighted by molar-refractivity contribution is -0.153. The summed E-state index contributed by atoms with van der Waals surface area (Å²) in [5, 5.41) is 12.1. The van der Waals surface area contributed by atoms with Gasteiger partial charge in [0, 0.05) is 13.0 Å². The van der Waals surface area contributed by atoms with Crippen LogP contribution in [0, 0.1) is 11.3 Å². The molecule has 0 heterocycles. The lowest BCUT2D eigenvalue weighted by Crippen LogP contribution is -2.39. The van der Waals surface area contributed by atoms with Crippen molar-refractivity contribution in [3.63, 3.8) is 0 Å². The van der Waals surface area contributed by atoms with Crippen molar-refractivity contribution in [3.8, 4) is 0 Å². The van der Waals surface area contributed by atoms with E-state index in [1.54, 1.807) is 6.92 Å². The molecule has 4 nitrogen and oxygen atoms in total. The summed E-state index contributed by atoms with van der Waals surface area (Å²) in [6.45, 7) is 5.92. The molecule has 1 atom stereocenters. The third-order valence-electron chi connectivity index (χ3n) is 4.19. The first-order chi connectivity index (χ1) is 8.86. The Labute approximate surface area is 115 Å². The van der Waals surface area contributed by atoms with E-state index in [2.05, 4.69) is 11.4 Å². The Bertz CT molecular complexity index is 374. The predicted molar refractivity (Wildman–Crippen MR) is 74.8 cm³/mol. The zero-order valence-electron chi connectivity index (χ0n) is 12.2. The average molecular weight is 267 g/mol. The number of nitrogens with one attached hydrogen (secondary N) is 1. The van der Waals surface area contributed by atoms with E-state index in [0.29, 0.717) is 6.54 Å². The van der Waals surface area contributed by atoms with Gasteiger partial charge in [0.05, 0.1) is 5.41 Å². The Morgan fingerprint density at radius 1 is 1.47 bits per heavy atom. The highest BCUT2D eigenvalue weighted by Crippen LogP contribution is 2.31. The van der Waals surface area contributed by atoms with Crippen LogP contribution in [0.25, 0.3) is 0 Å². The maximum absolute atomic E-state index is 11.8. The first kappa shape index (κ1) is 15.7. The number of carbonyl (C=O) groups is 2. The van der Waals surface area contributed by atoms with Gasteiger partial charge >= 0.3 is 5.97 Å². The minimum atomic E-state index is -0.989. The number of allylic oxidation sites excluding steroid dienone is 1. The van der Waals surface area contributed by atoms with Crippen LogP contribution in [0.2, 0.25) is 0 Å². The molecule has 0 fully saturated rings. The summed E-state index contributed by atoms with van der Waals surface area (Å²) in [5.74, 6) is -1.15. The molecule has 108 valence electrons. The van der Waals surface area contributed by atoms with Gasteiger partial charge in [0.1, 0.15) is 0 Å². The van der Waals surface area contributed by atoms with Crippen LogP contribution in [0.3, 0.4) is 0 Å². The van der Waals surface area contributed by atoms with Crippen molar-refractivity contribution in [3.05, 3.63) is 11.6 Å². The minimum absolute atomic E-state index is 0.0407. The van der Waals surface area contributed by atoms with Crippen molar-refractivity contribution in [1.82, 2.24) is 5.32 Å². The predicted octanol–water partition coefficient (Wildman–Crippen LogP) is 2.74. The summed E-state index contributed by atoms with van der Waals surface area (Å²) < 4.78 is 0. The molecule has 4 heteroatoms. The average Bonchev–Trinajstić information content (AvgIpc) is 2.81. The molecule has 0 aromatic rings. The van der Waals surface area contributed by atoms with E-state index in [-0.39, 0.29) is 18.2 Å². The molecule has 0 aromatic heterocycles. The Morgan fingerprint density at radius 3 is 2.63 bits per heavy atom. The lowest BCUT2D eigenvalue weighted by Gasteiger charge is -2.28. The van der Waals surface area contributed by atoms with E-state index in [1.807, 2.05) is 13.8 Å². The molecule has 1 amide bonds. The molecule has 0 spiro atoms. The second-order valence-corrected chi connectivity index (χ2v) is 5.91. The molecular formula is C15H25NO3. The van der Waals surface area contributed by atoms with Gasteiger partial charge in [-0.25, -0.2) is 0 Å². The molecule has 19 heavy (non-hydrogen) atoms. The number of aliphatic carboxylic acids is 1. The molecule has 1 unspecified atom stereocenters. The fraction of sp³-hybridized carbons (Fsp3) is 0.733. The van der Waals surface area contributed by atoms with Gasteiger partial charge < -0.3 is 10.4 Å². The quantitative estimate of drug-likeness (QED) is 0.697. The van der Waals surface area contributed by atoms with Gasteiger partial charge in [0.25, 0.3) is 0 Å². The Balaban J connectivity index is 2.38. The maximum atomic E-state index is 11.8. The highest BCUT2D eigenvalue weighted by Gasteiger charge is 2.38. The first-order valence-corrected chi connectivity index (χ1v) is 7.04. The highest BCUT2D eigenvalue weighted by atomic mass is 16.4. The third-order valence-corrected chi connectivity index (χ3v) is 4.19. The molecule has 0 saturated heterocycles. The van der Waals surface area contributed by atoms with Crippen molar-refractivity contribution in [1.29, 1.82) is 0 Å². The van der Waals surface area contributed by atoms with E-state index in [4.69, 9.17) is 0 Å². The largest absolute Gasteiger partial charge is 0.481 e. The summed E-state index contributed by atoms with van der Waals surface area (Å²) in [6, 6.07) is 0. The van der Waals surface area contributed by atoms with E-state index in [0.717, 1.165) is 19.3 Å². The number of hydrogen-bond acceptors (Lipinski definition) is 2. The Hall–Kier alpha value is -1.32. The van der Waals surface area contributed by atoms with Crippen molar-refractivity contribution in [2.24, 2.45) is 11.3 Å². The van der Waals surface area contributed by atoms with Crippen molar-refractivity contribution < 1.29 is 14.7 Å². The summed E-state index contributed by atoms with van der Waals surface area (Å²) in [6.07, 6.45) is 6.66. The van der Waals surface area contributed by atoms with Crippen molar-refractivity contribution in [2.45, 2.75) is 52.9 Å². The normalized spacial score (nSPS) is 18.0. The topological polar surface area (TPSA) is 66.4 Å². The maximum Gasteiger partial charge on any atom is 0.310 e. The summed E-state index contributed by atoms with van der Waals surface area (Å²) in [5.41, 5.74) is 0.418. The van der Waals surface area contributed by atoms with Crippen molar-refractivity contribution in [2.75, 3.05) is 6.54 Å².